The number of imide groups is 2. The van der Waals surface area contributed by atoms with Crippen LogP contribution in [0.4, 0.5) is 4.79 Å². The summed E-state index contributed by atoms with van der Waals surface area (Å²) in [4.78, 5) is 34.1. The van der Waals surface area contributed by atoms with Crippen molar-refractivity contribution < 1.29 is 24.8 Å². The molecule has 0 radical (unpaired) electrons. The number of barbiturate groups is 1. The lowest BCUT2D eigenvalue weighted by molar-refractivity contribution is -0.203. The van der Waals surface area contributed by atoms with Crippen LogP contribution in [0.5, 0.6) is 0 Å². The van der Waals surface area contributed by atoms with Crippen molar-refractivity contribution in [3.05, 3.63) is 0 Å². The van der Waals surface area contributed by atoms with Gasteiger partial charge in [0.25, 0.3) is 11.8 Å². The van der Waals surface area contributed by atoms with Crippen LogP contribution >= 0.6 is 0 Å². The second-order valence-electron chi connectivity index (χ2n) is 3.31. The first kappa shape index (κ1) is 11.6. The highest BCUT2D eigenvalue weighted by atomic mass is 16.6. The lowest BCUT2D eigenvalue weighted by Crippen LogP contribution is -2.63. The summed E-state index contributed by atoms with van der Waals surface area (Å²) in [6.45, 7) is 3.13. The molecule has 0 bridgehead atoms. The first-order valence-corrected chi connectivity index (χ1v) is 4.53. The first-order chi connectivity index (χ1) is 6.92. The maximum atomic E-state index is 11.6. The van der Waals surface area contributed by atoms with Crippen LogP contribution in [0.25, 0.3) is 0 Å². The Kier molecular flexibility index (Phi) is 2.78. The largest absolute Gasteiger partial charge is 0.382 e. The standard InChI is InChI=1S/C8H12N2O5/c1-3-8(4-2)5(11)9(14)7(13)10(15)6(8)12/h14-15H,3-4H2,1-2H3. The van der Waals surface area contributed by atoms with Crippen molar-refractivity contribution in [2.24, 2.45) is 5.41 Å². The number of carbonyl (C=O) groups is 3. The second kappa shape index (κ2) is 3.59. The molecule has 7 nitrogen and oxygen atoms in total. The monoisotopic (exact) mass is 216 g/mol. The van der Waals surface area contributed by atoms with E-state index in [9.17, 15) is 14.4 Å². The minimum Gasteiger partial charge on any atom is -0.277 e. The van der Waals surface area contributed by atoms with E-state index in [0.717, 1.165) is 0 Å². The summed E-state index contributed by atoms with van der Waals surface area (Å²) in [7, 11) is 0. The number of hydroxylamine groups is 4. The van der Waals surface area contributed by atoms with E-state index in [1.54, 1.807) is 13.8 Å². The van der Waals surface area contributed by atoms with Gasteiger partial charge < -0.3 is 0 Å². The Labute approximate surface area is 85.8 Å². The molecule has 84 valence electrons. The van der Waals surface area contributed by atoms with Crippen molar-refractivity contribution in [2.45, 2.75) is 26.7 Å². The topological polar surface area (TPSA) is 98.2 Å². The molecule has 2 N–H and O–H groups in total. The lowest BCUT2D eigenvalue weighted by Gasteiger charge is -2.37. The van der Waals surface area contributed by atoms with E-state index in [4.69, 9.17) is 10.4 Å². The molecule has 1 fully saturated rings. The van der Waals surface area contributed by atoms with Gasteiger partial charge in [0.2, 0.25) is 0 Å². The Morgan fingerprint density at radius 3 is 1.60 bits per heavy atom. The molecule has 0 saturated carbocycles. The van der Waals surface area contributed by atoms with Gasteiger partial charge in [-0.1, -0.05) is 13.8 Å². The fourth-order valence-corrected chi connectivity index (χ4v) is 1.62. The average molecular weight is 216 g/mol. The summed E-state index contributed by atoms with van der Waals surface area (Å²) < 4.78 is 0. The molecule has 7 heteroatoms. The van der Waals surface area contributed by atoms with Crippen molar-refractivity contribution in [1.29, 1.82) is 0 Å². The average Bonchev–Trinajstić information content (AvgIpc) is 2.26. The molecule has 1 aliphatic rings. The van der Waals surface area contributed by atoms with Gasteiger partial charge in [-0.2, -0.15) is 0 Å². The Balaban J connectivity index is 3.23. The number of amides is 4. The summed E-state index contributed by atoms with van der Waals surface area (Å²) in [6, 6.07) is -1.44. The van der Waals surface area contributed by atoms with Crippen molar-refractivity contribution >= 4 is 17.8 Å². The van der Waals surface area contributed by atoms with Crippen LogP contribution in [0, 0.1) is 5.41 Å². The zero-order valence-corrected chi connectivity index (χ0v) is 8.43. The minimum atomic E-state index is -1.54. The summed E-state index contributed by atoms with van der Waals surface area (Å²) in [6.07, 6.45) is 0.200. The summed E-state index contributed by atoms with van der Waals surface area (Å²) in [5.41, 5.74) is -1.54. The molecule has 0 aliphatic carbocycles. The van der Waals surface area contributed by atoms with Crippen LogP contribution in [0.1, 0.15) is 26.7 Å². The van der Waals surface area contributed by atoms with Crippen LogP contribution in [-0.4, -0.2) is 38.4 Å². The van der Waals surface area contributed by atoms with Crippen LogP contribution < -0.4 is 0 Å². The SMILES string of the molecule is CCC1(CC)C(=O)N(O)C(=O)N(O)C1=O. The van der Waals surface area contributed by atoms with Gasteiger partial charge in [-0.25, -0.2) is 4.79 Å². The molecule has 4 amide bonds. The van der Waals surface area contributed by atoms with Gasteiger partial charge in [-0.15, -0.1) is 10.1 Å². The molecule has 0 aromatic rings. The van der Waals surface area contributed by atoms with E-state index in [1.165, 1.54) is 0 Å². The zero-order chi connectivity index (χ0) is 11.8. The van der Waals surface area contributed by atoms with E-state index in [-0.39, 0.29) is 23.0 Å². The molecule has 0 unspecified atom stereocenters. The predicted molar refractivity (Wildman–Crippen MR) is 45.7 cm³/mol. The number of hydrogen-bond donors (Lipinski definition) is 2. The third-order valence-electron chi connectivity index (χ3n) is 2.77. The maximum absolute atomic E-state index is 11.6. The molecule has 0 aromatic carbocycles. The van der Waals surface area contributed by atoms with Crippen LogP contribution in [0.15, 0.2) is 0 Å². The molecule has 1 rings (SSSR count). The fourth-order valence-electron chi connectivity index (χ4n) is 1.62. The van der Waals surface area contributed by atoms with Gasteiger partial charge >= 0.3 is 6.03 Å². The Bertz CT molecular complexity index is 297. The van der Waals surface area contributed by atoms with E-state index >= 15 is 0 Å². The summed E-state index contributed by atoms with van der Waals surface area (Å²) in [5.74, 6) is -1.99. The van der Waals surface area contributed by atoms with Gasteiger partial charge in [0.15, 0.2) is 0 Å². The normalized spacial score (nSPS) is 21.2. The Morgan fingerprint density at radius 1 is 1.00 bits per heavy atom. The van der Waals surface area contributed by atoms with E-state index in [2.05, 4.69) is 0 Å². The fraction of sp³-hybridized carbons (Fsp3) is 0.625. The predicted octanol–water partition coefficient (Wildman–Crippen LogP) is 0.362. The van der Waals surface area contributed by atoms with E-state index in [0.29, 0.717) is 0 Å². The molecule has 1 heterocycles. The third-order valence-corrected chi connectivity index (χ3v) is 2.77. The van der Waals surface area contributed by atoms with Crippen LogP contribution in [-0.2, 0) is 9.59 Å². The van der Waals surface area contributed by atoms with Crippen molar-refractivity contribution in [2.75, 3.05) is 0 Å². The van der Waals surface area contributed by atoms with Crippen LogP contribution in [0.3, 0.4) is 0 Å². The number of carbonyl (C=O) groups excluding carboxylic acids is 3. The molecule has 0 spiro atoms. The molecular formula is C8H12N2O5. The quantitative estimate of drug-likeness (QED) is 0.513. The number of urea groups is 1. The Hall–Kier alpha value is -1.47. The van der Waals surface area contributed by atoms with Gasteiger partial charge in [0.1, 0.15) is 5.41 Å². The molecule has 1 saturated heterocycles. The number of nitrogens with zero attached hydrogens (tertiary/aromatic N) is 2. The summed E-state index contributed by atoms with van der Waals surface area (Å²) in [5, 5.41) is 17.8. The van der Waals surface area contributed by atoms with Gasteiger partial charge in [0.05, 0.1) is 0 Å². The van der Waals surface area contributed by atoms with Crippen molar-refractivity contribution in [3.8, 4) is 0 Å². The Morgan fingerprint density at radius 2 is 1.33 bits per heavy atom. The zero-order valence-electron chi connectivity index (χ0n) is 8.43. The highest BCUT2D eigenvalue weighted by molar-refractivity contribution is 6.17. The molecule has 1 aliphatic heterocycles. The second-order valence-corrected chi connectivity index (χ2v) is 3.31. The highest BCUT2D eigenvalue weighted by Gasteiger charge is 2.55. The molecule has 15 heavy (non-hydrogen) atoms. The van der Waals surface area contributed by atoms with Crippen LogP contribution in [0.2, 0.25) is 0 Å². The van der Waals surface area contributed by atoms with E-state index in [1.807, 2.05) is 0 Å². The maximum Gasteiger partial charge on any atom is 0.382 e. The van der Waals surface area contributed by atoms with Gasteiger partial charge in [-0.05, 0) is 12.8 Å². The highest BCUT2D eigenvalue weighted by Crippen LogP contribution is 2.34. The summed E-state index contributed by atoms with van der Waals surface area (Å²) >= 11 is 0. The lowest BCUT2D eigenvalue weighted by atomic mass is 9.79. The van der Waals surface area contributed by atoms with Crippen molar-refractivity contribution in [3.63, 3.8) is 0 Å². The van der Waals surface area contributed by atoms with E-state index < -0.39 is 23.3 Å². The molecule has 0 atom stereocenters. The van der Waals surface area contributed by atoms with Crippen molar-refractivity contribution in [1.82, 2.24) is 10.1 Å². The minimum absolute atomic E-state index is 0.0998. The number of rotatable bonds is 2. The number of hydrogen-bond acceptors (Lipinski definition) is 5. The third kappa shape index (κ3) is 1.31. The molecular weight excluding hydrogens is 204 g/mol. The molecule has 0 aromatic heterocycles. The van der Waals surface area contributed by atoms with Gasteiger partial charge in [-0.3, -0.25) is 20.0 Å². The first-order valence-electron chi connectivity index (χ1n) is 4.53. The smallest absolute Gasteiger partial charge is 0.277 e. The van der Waals surface area contributed by atoms with Gasteiger partial charge in [0, 0.05) is 0 Å².